The summed E-state index contributed by atoms with van der Waals surface area (Å²) in [5.41, 5.74) is 24.9. The molecular formula is C68H45NO. The van der Waals surface area contributed by atoms with Crippen LogP contribution >= 0.6 is 0 Å². The van der Waals surface area contributed by atoms with Gasteiger partial charge in [0.2, 0.25) is 0 Å². The van der Waals surface area contributed by atoms with Crippen molar-refractivity contribution in [2.24, 2.45) is 0 Å². The lowest BCUT2D eigenvalue weighted by Crippen LogP contribution is -2.26. The van der Waals surface area contributed by atoms with Crippen molar-refractivity contribution in [3.05, 3.63) is 270 Å². The smallest absolute Gasteiger partial charge is 0.159 e. The fraction of sp³-hybridized carbons (Fsp3) is 0.0588. The van der Waals surface area contributed by atoms with Gasteiger partial charge in [0.25, 0.3) is 0 Å². The maximum Gasteiger partial charge on any atom is 0.159 e. The van der Waals surface area contributed by atoms with Gasteiger partial charge in [0.1, 0.15) is 5.75 Å². The molecule has 11 aromatic rings. The van der Waals surface area contributed by atoms with Crippen LogP contribution in [0, 0.1) is 0 Å². The van der Waals surface area contributed by atoms with Crippen LogP contribution in [0.1, 0.15) is 47.2 Å². The first-order chi connectivity index (χ1) is 34.5. The first-order valence-corrected chi connectivity index (χ1v) is 24.5. The highest BCUT2D eigenvalue weighted by Crippen LogP contribution is 2.64. The van der Waals surface area contributed by atoms with Crippen molar-refractivity contribution < 1.29 is 4.74 Å². The van der Waals surface area contributed by atoms with Gasteiger partial charge in [-0.2, -0.15) is 0 Å². The van der Waals surface area contributed by atoms with Gasteiger partial charge in [0.05, 0.1) is 11.1 Å². The third kappa shape index (κ3) is 5.23. The molecule has 0 radical (unpaired) electrons. The molecule has 1 aliphatic heterocycles. The molecule has 0 N–H and O–H groups in total. The second-order valence-electron chi connectivity index (χ2n) is 19.9. The zero-order chi connectivity index (χ0) is 46.3. The van der Waals surface area contributed by atoms with Crippen molar-refractivity contribution in [2.75, 3.05) is 4.90 Å². The normalized spacial score (nSPS) is 14.2. The fourth-order valence-corrected chi connectivity index (χ4v) is 13.0. The van der Waals surface area contributed by atoms with Crippen molar-refractivity contribution in [3.63, 3.8) is 0 Å². The van der Waals surface area contributed by atoms with Gasteiger partial charge >= 0.3 is 0 Å². The molecule has 2 heteroatoms. The van der Waals surface area contributed by atoms with Crippen molar-refractivity contribution >= 4 is 27.8 Å². The van der Waals surface area contributed by atoms with Gasteiger partial charge < -0.3 is 9.64 Å². The summed E-state index contributed by atoms with van der Waals surface area (Å²) in [6.45, 7) is 4.75. The molecule has 0 aromatic heterocycles. The van der Waals surface area contributed by atoms with E-state index in [0.717, 1.165) is 61.8 Å². The van der Waals surface area contributed by atoms with Gasteiger partial charge in [-0.05, 0) is 137 Å². The van der Waals surface area contributed by atoms with Crippen LogP contribution in [0.5, 0.6) is 11.5 Å². The summed E-state index contributed by atoms with van der Waals surface area (Å²) in [7, 11) is 0. The van der Waals surface area contributed by atoms with E-state index in [4.69, 9.17) is 4.74 Å². The van der Waals surface area contributed by atoms with E-state index in [1.807, 2.05) is 0 Å². The van der Waals surface area contributed by atoms with E-state index in [9.17, 15) is 0 Å². The first kappa shape index (κ1) is 39.3. The maximum atomic E-state index is 7.61. The second-order valence-corrected chi connectivity index (χ2v) is 19.9. The van der Waals surface area contributed by atoms with Crippen molar-refractivity contribution in [3.8, 4) is 78.3 Å². The van der Waals surface area contributed by atoms with Crippen LogP contribution in [-0.2, 0) is 10.8 Å². The van der Waals surface area contributed by atoms with Gasteiger partial charge in [0, 0.05) is 33.5 Å². The summed E-state index contributed by atoms with van der Waals surface area (Å²) >= 11 is 0. The Morgan fingerprint density at radius 3 is 1.46 bits per heavy atom. The zero-order valence-corrected chi connectivity index (χ0v) is 38.9. The van der Waals surface area contributed by atoms with E-state index >= 15 is 0 Å². The van der Waals surface area contributed by atoms with E-state index in [-0.39, 0.29) is 5.41 Å². The Hall–Kier alpha value is -8.72. The number of para-hydroxylation sites is 1. The number of rotatable bonds is 4. The average Bonchev–Trinajstić information content (AvgIpc) is 3.92. The average molecular weight is 892 g/mol. The number of anilines is 3. The highest BCUT2D eigenvalue weighted by molar-refractivity contribution is 6.05. The molecule has 0 saturated carbocycles. The largest absolute Gasteiger partial charge is 0.454 e. The van der Waals surface area contributed by atoms with Gasteiger partial charge in [-0.15, -0.1) is 0 Å². The van der Waals surface area contributed by atoms with Crippen LogP contribution in [0.15, 0.2) is 237 Å². The van der Waals surface area contributed by atoms with E-state index in [1.165, 1.54) is 77.7 Å². The molecule has 0 fully saturated rings. The number of hydrogen-bond acceptors (Lipinski definition) is 2. The molecule has 0 saturated heterocycles. The van der Waals surface area contributed by atoms with Crippen LogP contribution < -0.4 is 9.64 Å². The molecule has 0 atom stereocenters. The standard InChI is InChI=1S/C68H45NO/c1-67(2)57-29-12-8-22-48(57)52-36-34-45(40-61(52)67)69(46-35-37-53-51-25-11-15-32-60(51)68(62(53)41-46)58-30-13-9-23-49(58)50-24-10-14-31-59(50)68)63-33-17-28-55-65-47(42-18-4-3-5-19-42)26-16-27-54(65)56-38-43-20-6-7-21-44(43)39-64(56)70-66(55)63/h3-41H,1-2H3. The molecule has 3 aliphatic carbocycles. The van der Waals surface area contributed by atoms with E-state index in [0.29, 0.717) is 0 Å². The van der Waals surface area contributed by atoms with Crippen LogP contribution in [0.3, 0.4) is 0 Å². The van der Waals surface area contributed by atoms with E-state index in [2.05, 4.69) is 255 Å². The van der Waals surface area contributed by atoms with Crippen LogP contribution in [0.25, 0.3) is 77.5 Å². The third-order valence-corrected chi connectivity index (χ3v) is 16.1. The minimum absolute atomic E-state index is 0.206. The Kier molecular flexibility index (Phi) is 8.08. The summed E-state index contributed by atoms with van der Waals surface area (Å²) in [5, 5.41) is 2.32. The van der Waals surface area contributed by atoms with Crippen LogP contribution in [0.4, 0.5) is 17.1 Å². The highest BCUT2D eigenvalue weighted by Gasteiger charge is 2.52. The fourth-order valence-electron chi connectivity index (χ4n) is 13.0. The molecule has 1 heterocycles. The second kappa shape index (κ2) is 14.4. The van der Waals surface area contributed by atoms with E-state index in [1.54, 1.807) is 0 Å². The lowest BCUT2D eigenvalue weighted by Gasteiger charge is -2.33. The topological polar surface area (TPSA) is 12.5 Å². The van der Waals surface area contributed by atoms with Crippen molar-refractivity contribution in [1.82, 2.24) is 0 Å². The number of hydrogen-bond donors (Lipinski definition) is 0. The molecule has 0 unspecified atom stereocenters. The number of nitrogens with zero attached hydrogens (tertiary/aromatic N) is 1. The molecule has 328 valence electrons. The number of fused-ring (bicyclic) bond motifs is 19. The molecule has 4 aliphatic rings. The Morgan fingerprint density at radius 1 is 0.329 bits per heavy atom. The third-order valence-electron chi connectivity index (χ3n) is 16.1. The summed E-state index contributed by atoms with van der Waals surface area (Å²) in [6.07, 6.45) is 0. The number of ether oxygens (including phenoxy) is 1. The lowest BCUT2D eigenvalue weighted by molar-refractivity contribution is 0.489. The van der Waals surface area contributed by atoms with Crippen molar-refractivity contribution in [1.29, 1.82) is 0 Å². The minimum atomic E-state index is -0.504. The van der Waals surface area contributed by atoms with Gasteiger partial charge in [-0.25, -0.2) is 0 Å². The highest BCUT2D eigenvalue weighted by atomic mass is 16.5. The van der Waals surface area contributed by atoms with Gasteiger partial charge in [0.15, 0.2) is 5.75 Å². The quantitative estimate of drug-likeness (QED) is 0.175. The first-order valence-electron chi connectivity index (χ1n) is 24.5. The van der Waals surface area contributed by atoms with Crippen LogP contribution in [0.2, 0.25) is 0 Å². The van der Waals surface area contributed by atoms with E-state index < -0.39 is 5.41 Å². The minimum Gasteiger partial charge on any atom is -0.454 e. The molecule has 70 heavy (non-hydrogen) atoms. The van der Waals surface area contributed by atoms with Gasteiger partial charge in [-0.1, -0.05) is 208 Å². The predicted molar refractivity (Wildman–Crippen MR) is 289 cm³/mol. The molecule has 11 aromatic carbocycles. The van der Waals surface area contributed by atoms with Crippen LogP contribution in [-0.4, -0.2) is 0 Å². The van der Waals surface area contributed by atoms with Gasteiger partial charge in [-0.3, -0.25) is 0 Å². The Balaban J connectivity index is 1.03. The summed E-state index contributed by atoms with van der Waals surface area (Å²) in [6, 6.07) is 88.0. The Morgan fingerprint density at radius 2 is 0.800 bits per heavy atom. The summed E-state index contributed by atoms with van der Waals surface area (Å²) in [4.78, 5) is 2.48. The SMILES string of the molecule is CC1(C)c2ccccc2-c2ccc(N(c3ccc4c(c3)C3(c5ccccc5-c5ccccc53)c3ccccc3-4)c3cccc4c3Oc3cc5ccccc5cc3-c3cccc(-c5ccccc5)c3-4)cc21. The zero-order valence-electron chi connectivity index (χ0n) is 38.9. The Bertz CT molecular complexity index is 3960. The predicted octanol–water partition coefficient (Wildman–Crippen LogP) is 18.1. The molecule has 2 nitrogen and oxygen atoms in total. The summed E-state index contributed by atoms with van der Waals surface area (Å²) < 4.78 is 7.61. The summed E-state index contributed by atoms with van der Waals surface area (Å²) in [5.74, 6) is 1.66. The molecule has 15 rings (SSSR count). The monoisotopic (exact) mass is 891 g/mol. The van der Waals surface area contributed by atoms with Crippen molar-refractivity contribution in [2.45, 2.75) is 24.7 Å². The molecule has 0 bridgehead atoms. The number of benzene rings is 11. The molecule has 1 spiro atoms. The molecular weight excluding hydrogens is 847 g/mol. The maximum absolute atomic E-state index is 7.61. The Labute approximate surface area is 408 Å². The molecule has 0 amide bonds. The lowest BCUT2D eigenvalue weighted by atomic mass is 9.70.